The molecule has 0 atom stereocenters. The van der Waals surface area contributed by atoms with E-state index in [1.165, 1.54) is 6.07 Å². The maximum absolute atomic E-state index is 14.0. The summed E-state index contributed by atoms with van der Waals surface area (Å²) in [5.41, 5.74) is 1.36. The van der Waals surface area contributed by atoms with Gasteiger partial charge in [-0.2, -0.15) is 0 Å². The minimum absolute atomic E-state index is 0.143. The Bertz CT molecular complexity index is 491. The number of hydrogen-bond acceptors (Lipinski definition) is 2. The standard InChI is InChI=1S/C16H21FN2O/c17-15-4-3-13(12-5-7-18-8-6-12)11-14(15)16(20)19-9-1-2-10-19/h3-4,11-12,18H,1-2,5-10H2. The molecule has 1 aromatic rings. The molecule has 0 unspecified atom stereocenters. The molecular formula is C16H21FN2O. The molecule has 2 saturated heterocycles. The van der Waals surface area contributed by atoms with E-state index in [2.05, 4.69) is 5.32 Å². The first kappa shape index (κ1) is 13.6. The predicted octanol–water partition coefficient (Wildman–Crippen LogP) is 2.53. The topological polar surface area (TPSA) is 32.3 Å². The summed E-state index contributed by atoms with van der Waals surface area (Å²) in [4.78, 5) is 14.1. The Labute approximate surface area is 119 Å². The van der Waals surface area contributed by atoms with Crippen LogP contribution >= 0.6 is 0 Å². The van der Waals surface area contributed by atoms with Gasteiger partial charge in [-0.25, -0.2) is 4.39 Å². The van der Waals surface area contributed by atoms with E-state index in [9.17, 15) is 9.18 Å². The zero-order valence-corrected chi connectivity index (χ0v) is 11.7. The number of halogens is 1. The Morgan fingerprint density at radius 2 is 1.90 bits per heavy atom. The summed E-state index contributed by atoms with van der Waals surface area (Å²) < 4.78 is 14.0. The Morgan fingerprint density at radius 3 is 2.60 bits per heavy atom. The van der Waals surface area contributed by atoms with Crippen LogP contribution < -0.4 is 5.32 Å². The molecule has 0 radical (unpaired) electrons. The second-order valence-corrected chi connectivity index (χ2v) is 5.76. The van der Waals surface area contributed by atoms with Gasteiger partial charge in [0.2, 0.25) is 0 Å². The summed E-state index contributed by atoms with van der Waals surface area (Å²) in [5, 5.41) is 3.33. The van der Waals surface area contributed by atoms with Crippen LogP contribution in [0.3, 0.4) is 0 Å². The van der Waals surface area contributed by atoms with Crippen molar-refractivity contribution in [3.63, 3.8) is 0 Å². The fraction of sp³-hybridized carbons (Fsp3) is 0.562. The van der Waals surface area contributed by atoms with Crippen molar-refractivity contribution in [2.45, 2.75) is 31.6 Å². The van der Waals surface area contributed by atoms with Crippen LogP contribution in [0.15, 0.2) is 18.2 Å². The predicted molar refractivity (Wildman–Crippen MR) is 76.4 cm³/mol. The molecule has 0 aliphatic carbocycles. The molecule has 2 aliphatic rings. The van der Waals surface area contributed by atoms with Crippen molar-refractivity contribution in [2.24, 2.45) is 0 Å². The third-order valence-corrected chi connectivity index (χ3v) is 4.42. The van der Waals surface area contributed by atoms with Gasteiger partial charge in [0.05, 0.1) is 5.56 Å². The van der Waals surface area contributed by atoms with Crippen molar-refractivity contribution >= 4 is 5.91 Å². The third kappa shape index (κ3) is 2.70. The molecule has 0 aromatic heterocycles. The van der Waals surface area contributed by atoms with Crippen LogP contribution in [0.5, 0.6) is 0 Å². The number of rotatable bonds is 2. The average molecular weight is 276 g/mol. The average Bonchev–Trinajstić information content (AvgIpc) is 3.02. The lowest BCUT2D eigenvalue weighted by atomic mass is 9.89. The largest absolute Gasteiger partial charge is 0.339 e. The zero-order valence-electron chi connectivity index (χ0n) is 11.7. The monoisotopic (exact) mass is 276 g/mol. The van der Waals surface area contributed by atoms with E-state index in [0.29, 0.717) is 5.92 Å². The Hall–Kier alpha value is -1.42. The highest BCUT2D eigenvalue weighted by atomic mass is 19.1. The lowest BCUT2D eigenvalue weighted by molar-refractivity contribution is 0.0788. The molecular weight excluding hydrogens is 255 g/mol. The molecule has 2 aliphatic heterocycles. The van der Waals surface area contributed by atoms with Gasteiger partial charge in [0.15, 0.2) is 0 Å². The summed E-state index contributed by atoms with van der Waals surface area (Å²) in [6.45, 7) is 3.51. The highest BCUT2D eigenvalue weighted by Gasteiger charge is 2.24. The lowest BCUT2D eigenvalue weighted by Crippen LogP contribution is -2.29. The van der Waals surface area contributed by atoms with Crippen molar-refractivity contribution < 1.29 is 9.18 Å². The molecule has 3 rings (SSSR count). The maximum atomic E-state index is 14.0. The summed E-state index contributed by atoms with van der Waals surface area (Å²) in [6.07, 6.45) is 4.18. The lowest BCUT2D eigenvalue weighted by Gasteiger charge is -2.24. The van der Waals surface area contributed by atoms with Crippen molar-refractivity contribution in [3.05, 3.63) is 35.1 Å². The number of amides is 1. The number of hydrogen-bond donors (Lipinski definition) is 1. The number of nitrogens with one attached hydrogen (secondary N) is 1. The second kappa shape index (κ2) is 5.92. The third-order valence-electron chi connectivity index (χ3n) is 4.42. The van der Waals surface area contributed by atoms with E-state index in [1.807, 2.05) is 6.07 Å². The molecule has 0 bridgehead atoms. The van der Waals surface area contributed by atoms with Gasteiger partial charge < -0.3 is 10.2 Å². The van der Waals surface area contributed by atoms with E-state index in [0.717, 1.165) is 57.4 Å². The number of likely N-dealkylation sites (tertiary alicyclic amines) is 1. The van der Waals surface area contributed by atoms with E-state index < -0.39 is 0 Å². The Balaban J connectivity index is 1.84. The molecule has 1 N–H and O–H groups in total. The van der Waals surface area contributed by atoms with Crippen LogP contribution in [-0.2, 0) is 0 Å². The Kier molecular flexibility index (Phi) is 4.01. The number of carbonyl (C=O) groups is 1. The summed E-state index contributed by atoms with van der Waals surface area (Å²) >= 11 is 0. The van der Waals surface area contributed by atoms with Crippen LogP contribution in [0, 0.1) is 5.82 Å². The van der Waals surface area contributed by atoms with Crippen LogP contribution in [0.25, 0.3) is 0 Å². The molecule has 1 amide bonds. The van der Waals surface area contributed by atoms with Gasteiger partial charge in [-0.15, -0.1) is 0 Å². The number of piperidine rings is 1. The minimum atomic E-state index is -0.389. The first-order valence-corrected chi connectivity index (χ1v) is 7.55. The SMILES string of the molecule is O=C(c1cc(C2CCNCC2)ccc1F)N1CCCC1. The van der Waals surface area contributed by atoms with Crippen molar-refractivity contribution in [1.29, 1.82) is 0 Å². The van der Waals surface area contributed by atoms with Gasteiger partial charge in [0.25, 0.3) is 5.91 Å². The van der Waals surface area contributed by atoms with Crippen molar-refractivity contribution in [2.75, 3.05) is 26.2 Å². The zero-order chi connectivity index (χ0) is 13.9. The number of carbonyl (C=O) groups excluding carboxylic acids is 1. The normalized spacial score (nSPS) is 20.4. The molecule has 0 saturated carbocycles. The summed E-state index contributed by atoms with van der Waals surface area (Å²) in [5.74, 6) is -0.0858. The highest BCUT2D eigenvalue weighted by Crippen LogP contribution is 2.27. The van der Waals surface area contributed by atoms with Gasteiger partial charge in [-0.1, -0.05) is 6.07 Å². The van der Waals surface area contributed by atoms with Crippen LogP contribution in [0.2, 0.25) is 0 Å². The van der Waals surface area contributed by atoms with Crippen LogP contribution in [0.1, 0.15) is 47.5 Å². The van der Waals surface area contributed by atoms with E-state index in [4.69, 9.17) is 0 Å². The molecule has 3 nitrogen and oxygen atoms in total. The van der Waals surface area contributed by atoms with E-state index in [1.54, 1.807) is 11.0 Å². The molecule has 108 valence electrons. The second-order valence-electron chi connectivity index (χ2n) is 5.76. The molecule has 2 heterocycles. The Morgan fingerprint density at radius 1 is 1.20 bits per heavy atom. The van der Waals surface area contributed by atoms with Crippen LogP contribution in [0.4, 0.5) is 4.39 Å². The summed E-state index contributed by atoms with van der Waals surface area (Å²) in [7, 11) is 0. The maximum Gasteiger partial charge on any atom is 0.256 e. The van der Waals surface area contributed by atoms with Gasteiger partial charge in [-0.3, -0.25) is 4.79 Å². The highest BCUT2D eigenvalue weighted by molar-refractivity contribution is 5.94. The van der Waals surface area contributed by atoms with Crippen molar-refractivity contribution in [3.8, 4) is 0 Å². The molecule has 2 fully saturated rings. The van der Waals surface area contributed by atoms with E-state index >= 15 is 0 Å². The van der Waals surface area contributed by atoms with Gasteiger partial charge in [-0.05, 0) is 62.4 Å². The molecule has 0 spiro atoms. The van der Waals surface area contributed by atoms with E-state index in [-0.39, 0.29) is 17.3 Å². The summed E-state index contributed by atoms with van der Waals surface area (Å²) in [6, 6.07) is 5.08. The fourth-order valence-corrected chi connectivity index (χ4v) is 3.21. The van der Waals surface area contributed by atoms with Gasteiger partial charge in [0, 0.05) is 13.1 Å². The molecule has 1 aromatic carbocycles. The first-order chi connectivity index (χ1) is 9.75. The fourth-order valence-electron chi connectivity index (χ4n) is 3.21. The smallest absolute Gasteiger partial charge is 0.256 e. The number of benzene rings is 1. The van der Waals surface area contributed by atoms with Crippen LogP contribution in [-0.4, -0.2) is 37.0 Å². The minimum Gasteiger partial charge on any atom is -0.339 e. The van der Waals surface area contributed by atoms with Gasteiger partial charge >= 0.3 is 0 Å². The van der Waals surface area contributed by atoms with Gasteiger partial charge in [0.1, 0.15) is 5.82 Å². The molecule has 4 heteroatoms. The molecule has 20 heavy (non-hydrogen) atoms. The number of nitrogens with zero attached hydrogens (tertiary/aromatic N) is 1. The van der Waals surface area contributed by atoms with Crippen molar-refractivity contribution in [1.82, 2.24) is 10.2 Å². The quantitative estimate of drug-likeness (QED) is 0.900. The first-order valence-electron chi connectivity index (χ1n) is 7.55.